The van der Waals surface area contributed by atoms with Crippen LogP contribution in [-0.2, 0) is 28.9 Å². The molecule has 0 bridgehead atoms. The van der Waals surface area contributed by atoms with Gasteiger partial charge in [0.2, 0.25) is 10.0 Å². The molecule has 2 heterocycles. The van der Waals surface area contributed by atoms with E-state index >= 15 is 0 Å². The van der Waals surface area contributed by atoms with E-state index in [9.17, 15) is 13.2 Å². The number of nitrogens with zero attached hydrogens (tertiary/aromatic N) is 2. The van der Waals surface area contributed by atoms with Gasteiger partial charge in [0.25, 0.3) is 0 Å². The van der Waals surface area contributed by atoms with Crippen molar-refractivity contribution in [3.8, 4) is 0 Å². The Morgan fingerprint density at radius 2 is 2.00 bits per heavy atom. The molecule has 1 fully saturated rings. The third-order valence-electron chi connectivity index (χ3n) is 4.08. The summed E-state index contributed by atoms with van der Waals surface area (Å²) >= 11 is 0. The summed E-state index contributed by atoms with van der Waals surface area (Å²) in [4.78, 5) is 12.0. The molecule has 1 aromatic heterocycles. The number of hydrogen-bond donors (Lipinski definition) is 1. The van der Waals surface area contributed by atoms with Crippen LogP contribution < -0.4 is 10.4 Å². The highest BCUT2D eigenvalue weighted by molar-refractivity contribution is 7.89. The molecule has 3 rings (SSSR count). The molecule has 0 radical (unpaired) electrons. The smallest absolute Gasteiger partial charge is 0.328 e. The molecule has 1 N–H and O–H groups in total. The summed E-state index contributed by atoms with van der Waals surface area (Å²) in [7, 11) is -0.327. The molecule has 120 valence electrons. The monoisotopic (exact) mass is 325 g/mol. The van der Waals surface area contributed by atoms with Crippen molar-refractivity contribution in [2.75, 3.05) is 13.2 Å². The van der Waals surface area contributed by atoms with E-state index in [1.165, 1.54) is 21.3 Å². The van der Waals surface area contributed by atoms with E-state index in [0.29, 0.717) is 17.6 Å². The van der Waals surface area contributed by atoms with Gasteiger partial charge in [-0.1, -0.05) is 0 Å². The number of aryl methyl sites for hydroxylation is 2. The van der Waals surface area contributed by atoms with Crippen molar-refractivity contribution in [1.29, 1.82) is 0 Å². The molecular weight excluding hydrogens is 306 g/mol. The molecule has 7 nitrogen and oxygen atoms in total. The van der Waals surface area contributed by atoms with Crippen molar-refractivity contribution in [3.63, 3.8) is 0 Å². The standard InChI is InChI=1S/C14H19N3O4S/c1-16-12-6-5-11(8-13(12)17(2)14(16)18)22(19,20)15-9-10-4-3-7-21-10/h5-6,8,10,15H,3-4,7,9H2,1-2H3. The number of imidazole rings is 1. The van der Waals surface area contributed by atoms with Crippen LogP contribution in [0.5, 0.6) is 0 Å². The number of fused-ring (bicyclic) bond motifs is 1. The van der Waals surface area contributed by atoms with Crippen molar-refractivity contribution < 1.29 is 13.2 Å². The molecule has 1 unspecified atom stereocenters. The van der Waals surface area contributed by atoms with Crippen LogP contribution in [0.25, 0.3) is 11.0 Å². The van der Waals surface area contributed by atoms with Crippen molar-refractivity contribution >= 4 is 21.1 Å². The third kappa shape index (κ3) is 2.57. The SMILES string of the molecule is Cn1c(=O)n(C)c2cc(S(=O)(=O)NCC3CCCO3)ccc21. The Balaban J connectivity index is 1.91. The van der Waals surface area contributed by atoms with Gasteiger partial charge in [0.05, 0.1) is 22.0 Å². The third-order valence-corrected chi connectivity index (χ3v) is 5.50. The van der Waals surface area contributed by atoms with Crippen LogP contribution in [-0.4, -0.2) is 36.8 Å². The highest BCUT2D eigenvalue weighted by Crippen LogP contribution is 2.18. The predicted octanol–water partition coefficient (Wildman–Crippen LogP) is 0.334. The van der Waals surface area contributed by atoms with Gasteiger partial charge in [0.1, 0.15) is 0 Å². The van der Waals surface area contributed by atoms with Crippen molar-refractivity contribution in [2.45, 2.75) is 23.8 Å². The Morgan fingerprint density at radius 1 is 1.27 bits per heavy atom. The van der Waals surface area contributed by atoms with Gasteiger partial charge >= 0.3 is 5.69 Å². The zero-order valence-corrected chi connectivity index (χ0v) is 13.4. The van der Waals surface area contributed by atoms with Crippen LogP contribution in [0.1, 0.15) is 12.8 Å². The largest absolute Gasteiger partial charge is 0.377 e. The van der Waals surface area contributed by atoms with Crippen molar-refractivity contribution in [3.05, 3.63) is 28.7 Å². The van der Waals surface area contributed by atoms with Crippen LogP contribution in [0.2, 0.25) is 0 Å². The Bertz CT molecular complexity index is 860. The summed E-state index contributed by atoms with van der Waals surface area (Å²) < 4.78 is 35.7. The zero-order chi connectivity index (χ0) is 15.9. The van der Waals surface area contributed by atoms with Gasteiger partial charge in [-0.15, -0.1) is 0 Å². The number of nitrogens with one attached hydrogen (secondary N) is 1. The first-order valence-corrected chi connectivity index (χ1v) is 8.65. The summed E-state index contributed by atoms with van der Waals surface area (Å²) in [6, 6.07) is 4.69. The average Bonchev–Trinajstić information content (AvgIpc) is 3.09. The summed E-state index contributed by atoms with van der Waals surface area (Å²) in [6.07, 6.45) is 1.78. The fourth-order valence-electron chi connectivity index (χ4n) is 2.75. The van der Waals surface area contributed by atoms with E-state index in [1.54, 1.807) is 20.2 Å². The molecule has 1 saturated heterocycles. The molecule has 0 saturated carbocycles. The fourth-order valence-corrected chi connectivity index (χ4v) is 3.83. The van der Waals surface area contributed by atoms with Gasteiger partial charge in [-0.2, -0.15) is 0 Å². The van der Waals surface area contributed by atoms with Crippen molar-refractivity contribution in [2.24, 2.45) is 14.1 Å². The molecular formula is C14H19N3O4S. The predicted molar refractivity (Wildman–Crippen MR) is 82.3 cm³/mol. The van der Waals surface area contributed by atoms with E-state index in [-0.39, 0.29) is 23.2 Å². The number of aromatic nitrogens is 2. The van der Waals surface area contributed by atoms with Crippen molar-refractivity contribution in [1.82, 2.24) is 13.9 Å². The lowest BCUT2D eigenvalue weighted by Gasteiger charge is -2.11. The Kier molecular flexibility index (Phi) is 3.84. The summed E-state index contributed by atoms with van der Waals surface area (Å²) in [5, 5.41) is 0. The summed E-state index contributed by atoms with van der Waals surface area (Å²) in [6.45, 7) is 0.957. The van der Waals surface area contributed by atoms with Crippen LogP contribution in [0.15, 0.2) is 27.9 Å². The van der Waals surface area contributed by atoms with Gasteiger partial charge in [0, 0.05) is 27.2 Å². The topological polar surface area (TPSA) is 82.3 Å². The lowest BCUT2D eigenvalue weighted by molar-refractivity contribution is 0.114. The van der Waals surface area contributed by atoms with Gasteiger partial charge in [-0.25, -0.2) is 17.9 Å². The maximum absolute atomic E-state index is 12.4. The van der Waals surface area contributed by atoms with Gasteiger partial charge in [-0.3, -0.25) is 9.13 Å². The average molecular weight is 325 g/mol. The minimum absolute atomic E-state index is 0.0559. The maximum Gasteiger partial charge on any atom is 0.328 e. The Morgan fingerprint density at radius 3 is 2.68 bits per heavy atom. The summed E-state index contributed by atoms with van der Waals surface area (Å²) in [5.41, 5.74) is 1.11. The van der Waals surface area contributed by atoms with Crippen LogP contribution in [0, 0.1) is 0 Å². The molecule has 0 amide bonds. The second kappa shape index (κ2) is 5.53. The quantitative estimate of drug-likeness (QED) is 0.878. The number of hydrogen-bond acceptors (Lipinski definition) is 4. The van der Waals surface area contributed by atoms with E-state index in [2.05, 4.69) is 4.72 Å². The van der Waals surface area contributed by atoms with Gasteiger partial charge in [0.15, 0.2) is 0 Å². The lowest BCUT2D eigenvalue weighted by atomic mass is 10.2. The van der Waals surface area contributed by atoms with Gasteiger partial charge < -0.3 is 4.74 Å². The first-order chi connectivity index (χ1) is 10.4. The van der Waals surface area contributed by atoms with E-state index in [0.717, 1.165) is 12.8 Å². The van der Waals surface area contributed by atoms with Crippen LogP contribution >= 0.6 is 0 Å². The second-order valence-electron chi connectivity index (χ2n) is 5.54. The fraction of sp³-hybridized carbons (Fsp3) is 0.500. The normalized spacial score (nSPS) is 19.1. The van der Waals surface area contributed by atoms with E-state index < -0.39 is 10.0 Å². The molecule has 0 aliphatic carbocycles. The van der Waals surface area contributed by atoms with Gasteiger partial charge in [-0.05, 0) is 31.0 Å². The Labute approximate surface area is 128 Å². The van der Waals surface area contributed by atoms with Crippen LogP contribution in [0.4, 0.5) is 0 Å². The summed E-state index contributed by atoms with van der Waals surface area (Å²) in [5.74, 6) is 0. The number of rotatable bonds is 4. The molecule has 2 aromatic rings. The molecule has 1 aromatic carbocycles. The molecule has 8 heteroatoms. The molecule has 1 aliphatic rings. The zero-order valence-electron chi connectivity index (χ0n) is 12.6. The minimum Gasteiger partial charge on any atom is -0.377 e. The maximum atomic E-state index is 12.4. The number of sulfonamides is 1. The molecule has 22 heavy (non-hydrogen) atoms. The number of ether oxygens (including phenoxy) is 1. The first kappa shape index (κ1) is 15.3. The molecule has 0 spiro atoms. The minimum atomic E-state index is -3.61. The van der Waals surface area contributed by atoms with Crippen LogP contribution in [0.3, 0.4) is 0 Å². The van der Waals surface area contributed by atoms with E-state index in [4.69, 9.17) is 4.74 Å². The second-order valence-corrected chi connectivity index (χ2v) is 7.31. The lowest BCUT2D eigenvalue weighted by Crippen LogP contribution is -2.31. The first-order valence-electron chi connectivity index (χ1n) is 7.17. The molecule has 1 aliphatic heterocycles. The highest BCUT2D eigenvalue weighted by Gasteiger charge is 2.21. The van der Waals surface area contributed by atoms with E-state index in [1.807, 2.05) is 0 Å². The highest BCUT2D eigenvalue weighted by atomic mass is 32.2. The molecule has 1 atom stereocenters. The Hall–Kier alpha value is -1.64. The number of benzene rings is 1.